The van der Waals surface area contributed by atoms with Crippen LogP contribution in [0.15, 0.2) is 48.7 Å². The van der Waals surface area contributed by atoms with Gasteiger partial charge >= 0.3 is 11.9 Å². The van der Waals surface area contributed by atoms with E-state index >= 15 is 0 Å². The lowest BCUT2D eigenvalue weighted by molar-refractivity contribution is -0.159. The van der Waals surface area contributed by atoms with Crippen LogP contribution in [0.2, 0.25) is 10.0 Å². The van der Waals surface area contributed by atoms with Gasteiger partial charge in [0.05, 0.1) is 15.6 Å². The number of aromatic nitrogens is 1. The molecular weight excluding hydrogens is 467 g/mol. The minimum atomic E-state index is -1.82. The van der Waals surface area contributed by atoms with E-state index in [9.17, 15) is 5.11 Å². The Hall–Kier alpha value is -2.58. The highest BCUT2D eigenvalue weighted by Crippen LogP contribution is 2.48. The lowest BCUT2D eigenvalue weighted by atomic mass is 9.80. The van der Waals surface area contributed by atoms with Crippen molar-refractivity contribution in [3.05, 3.63) is 69.8 Å². The zero-order valence-corrected chi connectivity index (χ0v) is 19.2. The van der Waals surface area contributed by atoms with Gasteiger partial charge in [0, 0.05) is 41.3 Å². The zero-order chi connectivity index (χ0) is 23.8. The first kappa shape index (κ1) is 23.6. The fourth-order valence-corrected chi connectivity index (χ4v) is 5.59. The first-order valence-electron chi connectivity index (χ1n) is 10.6. The molecule has 2 aromatic carbocycles. The number of aliphatic hydroxyl groups is 1. The van der Waals surface area contributed by atoms with Gasteiger partial charge in [0.1, 0.15) is 0 Å². The largest absolute Gasteiger partial charge is 0.473 e. The Labute approximate surface area is 200 Å². The molecular formula is C24H24Cl2N2O5. The molecule has 33 heavy (non-hydrogen) atoms. The fourth-order valence-electron chi connectivity index (χ4n) is 5.12. The SMILES string of the molecule is O=C(O)C(=O)O.OC1(c2cccc(Cl)c2Cl)C[C@H]2CC[C@@H](C1)N2Cc1c[nH]c2ccccc12. The first-order chi connectivity index (χ1) is 15.7. The normalized spacial score (nSPS) is 24.3. The van der Waals surface area contributed by atoms with Gasteiger partial charge in [-0.15, -0.1) is 0 Å². The quantitative estimate of drug-likeness (QED) is 0.397. The number of fused-ring (bicyclic) bond motifs is 3. The van der Waals surface area contributed by atoms with Crippen LogP contribution in [-0.2, 0) is 21.7 Å². The van der Waals surface area contributed by atoms with Crippen molar-refractivity contribution in [3.8, 4) is 0 Å². The third-order valence-corrected chi connectivity index (χ3v) is 7.40. The molecule has 0 spiro atoms. The van der Waals surface area contributed by atoms with Gasteiger partial charge in [0.25, 0.3) is 0 Å². The standard InChI is InChI=1S/C22H22Cl2N2O.C2H2O4/c23-19-6-3-5-18(21(19)24)22(27)10-15-8-9-16(11-22)26(15)13-14-12-25-20-7-2-1-4-17(14)20;3-1(4)2(5)6/h1-7,12,15-16,25,27H,8-11,13H2;(H,3,4)(H,5,6)/t15-,16+,22?;. The number of carbonyl (C=O) groups is 2. The van der Waals surface area contributed by atoms with E-state index in [1.807, 2.05) is 12.1 Å². The molecule has 9 heteroatoms. The Kier molecular flexibility index (Phi) is 6.68. The number of hydrogen-bond acceptors (Lipinski definition) is 4. The molecule has 7 nitrogen and oxygen atoms in total. The molecule has 2 aliphatic heterocycles. The lowest BCUT2D eigenvalue weighted by Gasteiger charge is -2.44. The van der Waals surface area contributed by atoms with Crippen molar-refractivity contribution < 1.29 is 24.9 Å². The molecule has 2 bridgehead atoms. The number of H-pyrrole nitrogens is 1. The van der Waals surface area contributed by atoms with E-state index in [2.05, 4.69) is 40.3 Å². The van der Waals surface area contributed by atoms with Crippen LogP contribution in [0.25, 0.3) is 10.9 Å². The third-order valence-electron chi connectivity index (χ3n) is 6.58. The van der Waals surface area contributed by atoms with Crippen LogP contribution in [0.4, 0.5) is 0 Å². The molecule has 2 aliphatic rings. The van der Waals surface area contributed by atoms with Crippen LogP contribution in [-0.4, -0.2) is 49.2 Å². The molecule has 2 saturated heterocycles. The molecule has 2 fully saturated rings. The third kappa shape index (κ3) is 4.73. The highest BCUT2D eigenvalue weighted by atomic mass is 35.5. The molecule has 0 saturated carbocycles. The lowest BCUT2D eigenvalue weighted by Crippen LogP contribution is -2.49. The second-order valence-electron chi connectivity index (χ2n) is 8.57. The van der Waals surface area contributed by atoms with E-state index in [-0.39, 0.29) is 0 Å². The summed E-state index contributed by atoms with van der Waals surface area (Å²) in [4.78, 5) is 24.1. The van der Waals surface area contributed by atoms with E-state index in [1.165, 1.54) is 16.5 Å². The first-order valence-corrected chi connectivity index (χ1v) is 11.4. The molecule has 3 heterocycles. The van der Waals surface area contributed by atoms with Crippen molar-refractivity contribution in [1.29, 1.82) is 0 Å². The van der Waals surface area contributed by atoms with Crippen molar-refractivity contribution in [1.82, 2.24) is 9.88 Å². The average molecular weight is 491 g/mol. The summed E-state index contributed by atoms with van der Waals surface area (Å²) >= 11 is 12.6. The molecule has 3 atom stereocenters. The van der Waals surface area contributed by atoms with Gasteiger partial charge in [0.15, 0.2) is 0 Å². The molecule has 174 valence electrons. The van der Waals surface area contributed by atoms with Gasteiger partial charge in [-0.25, -0.2) is 9.59 Å². The van der Waals surface area contributed by atoms with Crippen molar-refractivity contribution in [2.45, 2.75) is 49.9 Å². The van der Waals surface area contributed by atoms with Crippen LogP contribution in [0.1, 0.15) is 36.8 Å². The number of para-hydroxylation sites is 1. The molecule has 1 unspecified atom stereocenters. The van der Waals surface area contributed by atoms with Gasteiger partial charge in [-0.3, -0.25) is 4.90 Å². The molecule has 0 aliphatic carbocycles. The molecule has 0 radical (unpaired) electrons. The maximum Gasteiger partial charge on any atom is 0.414 e. The zero-order valence-electron chi connectivity index (χ0n) is 17.7. The Balaban J connectivity index is 0.000000385. The van der Waals surface area contributed by atoms with Crippen LogP contribution in [0, 0.1) is 0 Å². The van der Waals surface area contributed by atoms with Gasteiger partial charge in [-0.05, 0) is 43.4 Å². The second-order valence-corrected chi connectivity index (χ2v) is 9.35. The summed E-state index contributed by atoms with van der Waals surface area (Å²) in [5, 5.41) is 28.5. The van der Waals surface area contributed by atoms with Crippen molar-refractivity contribution in [2.75, 3.05) is 0 Å². The number of piperidine rings is 1. The summed E-state index contributed by atoms with van der Waals surface area (Å²) in [6.45, 7) is 0.915. The minimum absolute atomic E-state index is 0.359. The molecule has 0 amide bonds. The number of benzene rings is 2. The summed E-state index contributed by atoms with van der Waals surface area (Å²) in [5.74, 6) is -3.65. The van der Waals surface area contributed by atoms with E-state index in [1.54, 1.807) is 6.07 Å². The number of rotatable bonds is 3. The van der Waals surface area contributed by atoms with Gasteiger partial charge in [-0.1, -0.05) is 53.5 Å². The second kappa shape index (κ2) is 9.35. The Morgan fingerprint density at radius 1 is 1.00 bits per heavy atom. The maximum atomic E-state index is 11.5. The van der Waals surface area contributed by atoms with E-state index in [0.717, 1.165) is 24.9 Å². The number of carboxylic acid groups (broad SMARTS) is 2. The van der Waals surface area contributed by atoms with Crippen molar-refractivity contribution >= 4 is 46.0 Å². The maximum absolute atomic E-state index is 11.5. The summed E-state index contributed by atoms with van der Waals surface area (Å²) in [6.07, 6.45) is 5.76. The number of carboxylic acids is 2. The number of hydrogen-bond donors (Lipinski definition) is 4. The van der Waals surface area contributed by atoms with Crippen LogP contribution in [0.3, 0.4) is 0 Å². The van der Waals surface area contributed by atoms with Crippen LogP contribution < -0.4 is 0 Å². The molecule has 4 N–H and O–H groups in total. The Bertz CT molecular complexity index is 1170. The summed E-state index contributed by atoms with van der Waals surface area (Å²) in [6, 6.07) is 14.7. The van der Waals surface area contributed by atoms with E-state index in [4.69, 9.17) is 43.0 Å². The van der Waals surface area contributed by atoms with Crippen LogP contribution in [0.5, 0.6) is 0 Å². The summed E-state index contributed by atoms with van der Waals surface area (Å²) in [7, 11) is 0. The van der Waals surface area contributed by atoms with E-state index < -0.39 is 17.5 Å². The smallest absolute Gasteiger partial charge is 0.414 e. The molecule has 3 aromatic rings. The number of aliphatic carboxylic acids is 2. The monoisotopic (exact) mass is 490 g/mol. The van der Waals surface area contributed by atoms with Crippen molar-refractivity contribution in [2.24, 2.45) is 0 Å². The number of halogens is 2. The van der Waals surface area contributed by atoms with Gasteiger partial charge < -0.3 is 20.3 Å². The Morgan fingerprint density at radius 3 is 2.27 bits per heavy atom. The highest BCUT2D eigenvalue weighted by Gasteiger charge is 2.49. The predicted molar refractivity (Wildman–Crippen MR) is 126 cm³/mol. The number of aromatic amines is 1. The summed E-state index contributed by atoms with van der Waals surface area (Å²) < 4.78 is 0. The van der Waals surface area contributed by atoms with E-state index in [0.29, 0.717) is 35.0 Å². The molecule has 5 rings (SSSR count). The Morgan fingerprint density at radius 2 is 1.64 bits per heavy atom. The summed E-state index contributed by atoms with van der Waals surface area (Å²) in [5.41, 5.74) is 2.39. The fraction of sp³-hybridized carbons (Fsp3) is 0.333. The van der Waals surface area contributed by atoms with Gasteiger partial charge in [0.2, 0.25) is 0 Å². The minimum Gasteiger partial charge on any atom is -0.473 e. The van der Waals surface area contributed by atoms with Crippen molar-refractivity contribution in [3.63, 3.8) is 0 Å². The van der Waals surface area contributed by atoms with Gasteiger partial charge in [-0.2, -0.15) is 0 Å². The number of nitrogens with one attached hydrogen (secondary N) is 1. The molecule has 1 aromatic heterocycles. The highest BCUT2D eigenvalue weighted by molar-refractivity contribution is 6.42. The average Bonchev–Trinajstić information content (AvgIpc) is 3.29. The predicted octanol–water partition coefficient (Wildman–Crippen LogP) is 4.64. The van der Waals surface area contributed by atoms with Crippen LogP contribution >= 0.6 is 23.2 Å². The topological polar surface area (TPSA) is 114 Å². The number of nitrogens with zero attached hydrogens (tertiary/aromatic N) is 1.